The van der Waals surface area contributed by atoms with Gasteiger partial charge in [-0.05, 0) is 0 Å². The molecule has 36 valence electrons. The maximum Gasteiger partial charge on any atom is 0.374 e. The van der Waals surface area contributed by atoms with Crippen molar-refractivity contribution < 1.29 is 9.17 Å². The van der Waals surface area contributed by atoms with Crippen molar-refractivity contribution in [2.75, 3.05) is 13.7 Å². The molecule has 3 aliphatic rings. The van der Waals surface area contributed by atoms with E-state index in [1.807, 2.05) is 11.0 Å². The molecule has 1 atom stereocenters. The normalized spacial score (nSPS) is 43.3. The van der Waals surface area contributed by atoms with Gasteiger partial charge in [0.2, 0.25) is 0 Å². The third-order valence-corrected chi connectivity index (χ3v) is 1.31. The van der Waals surface area contributed by atoms with E-state index in [1.54, 1.807) is 0 Å². The first-order valence-corrected chi connectivity index (χ1v) is 2.31. The topological polar surface area (TPSA) is 15.4 Å². The van der Waals surface area contributed by atoms with Gasteiger partial charge in [-0.3, -0.25) is 0 Å². The Morgan fingerprint density at radius 2 is 2.57 bits per heavy atom. The Kier molecular flexibility index (Phi) is 0.307. The van der Waals surface area contributed by atoms with Crippen molar-refractivity contribution in [2.24, 2.45) is 5.10 Å². The largest absolute Gasteiger partial charge is 0.374 e. The summed E-state index contributed by atoms with van der Waals surface area (Å²) in [6, 6.07) is 0. The van der Waals surface area contributed by atoms with Crippen LogP contribution >= 0.6 is 0 Å². The zero-order chi connectivity index (χ0) is 4.91. The quantitative estimate of drug-likeness (QED) is 0.283. The van der Waals surface area contributed by atoms with Crippen LogP contribution in [0.4, 0.5) is 0 Å². The minimum atomic E-state index is 0.903. The first-order valence-electron chi connectivity index (χ1n) is 2.31. The van der Waals surface area contributed by atoms with Crippen LogP contribution in [-0.4, -0.2) is 35.6 Å². The highest BCUT2D eigenvalue weighted by atomic mass is 15.7. The smallest absolute Gasteiger partial charge is 0.139 e. The van der Waals surface area contributed by atoms with Gasteiger partial charge in [0, 0.05) is 4.68 Å². The van der Waals surface area contributed by atoms with E-state index in [2.05, 4.69) is 18.5 Å². The van der Waals surface area contributed by atoms with E-state index in [0.717, 1.165) is 11.2 Å². The van der Waals surface area contributed by atoms with Crippen molar-refractivity contribution in [3.05, 3.63) is 0 Å². The van der Waals surface area contributed by atoms with Crippen LogP contribution in [0.25, 0.3) is 0 Å². The highest BCUT2D eigenvalue weighted by Gasteiger charge is 2.46. The summed E-state index contributed by atoms with van der Waals surface area (Å²) >= 11 is 0. The van der Waals surface area contributed by atoms with E-state index >= 15 is 0 Å². The van der Waals surface area contributed by atoms with Crippen molar-refractivity contribution in [1.82, 2.24) is 0 Å². The molecule has 7 heavy (non-hydrogen) atoms. The average molecular weight is 97.1 g/mol. The number of hydrogen-bond acceptors (Lipinski definition) is 1. The third kappa shape index (κ3) is 0.247. The van der Waals surface area contributed by atoms with Gasteiger partial charge in [0.05, 0.1) is 12.1 Å². The Morgan fingerprint density at radius 1 is 1.86 bits per heavy atom. The van der Waals surface area contributed by atoms with Crippen LogP contribution in [0.5, 0.6) is 0 Å². The first kappa shape index (κ1) is 3.32. The summed E-state index contributed by atoms with van der Waals surface area (Å²) in [6.45, 7) is 1.04. The number of nitrogens with zero attached hydrogens (tertiary/aromatic N) is 3. The van der Waals surface area contributed by atoms with Crippen LogP contribution in [0.2, 0.25) is 0 Å². The minimum absolute atomic E-state index is 0.903. The molecule has 0 aromatic heterocycles. The van der Waals surface area contributed by atoms with Crippen LogP contribution in [-0.2, 0) is 0 Å². The fraction of sp³-hybridized carbons (Fsp3) is 0.500. The fourth-order valence-corrected chi connectivity index (χ4v) is 0.910. The van der Waals surface area contributed by atoms with Crippen molar-refractivity contribution in [2.45, 2.75) is 0 Å². The second kappa shape index (κ2) is 0.648. The highest BCUT2D eigenvalue weighted by Crippen LogP contribution is 2.10. The molecule has 3 rings (SSSR count). The minimum Gasteiger partial charge on any atom is -0.139 e. The van der Waals surface area contributed by atoms with Crippen molar-refractivity contribution in [3.63, 3.8) is 0 Å². The van der Waals surface area contributed by atoms with Gasteiger partial charge in [-0.1, -0.05) is 0 Å². The lowest BCUT2D eigenvalue weighted by atomic mass is 10.6. The van der Waals surface area contributed by atoms with Crippen LogP contribution in [0.3, 0.4) is 0 Å². The van der Waals surface area contributed by atoms with Gasteiger partial charge in [-0.15, -0.1) is 4.48 Å². The number of rotatable bonds is 0. The second-order valence-corrected chi connectivity index (χ2v) is 2.27. The molecule has 0 aromatic carbocycles. The lowest BCUT2D eigenvalue weighted by molar-refractivity contribution is -0.893. The summed E-state index contributed by atoms with van der Waals surface area (Å²) in [7, 11) is 2.12. The molecule has 0 fully saturated rings. The summed E-state index contributed by atoms with van der Waals surface area (Å²) < 4.78 is 2.83. The molecular weight excluding hydrogens is 90.1 g/mol. The Labute approximate surface area is 41.8 Å². The Balaban J connectivity index is 2.54. The molecule has 3 nitrogen and oxygen atoms in total. The SMILES string of the molecule is C[N+]12C=N[N+](=C1)C2. The molecular formula is C4H7N3+2. The van der Waals surface area contributed by atoms with Crippen molar-refractivity contribution in [3.8, 4) is 0 Å². The molecule has 0 N–H and O–H groups in total. The Morgan fingerprint density at radius 3 is 2.71 bits per heavy atom. The molecule has 0 aromatic rings. The van der Waals surface area contributed by atoms with E-state index in [1.165, 1.54) is 0 Å². The number of hydrogen-bond donors (Lipinski definition) is 0. The zero-order valence-electron chi connectivity index (χ0n) is 4.20. The van der Waals surface area contributed by atoms with Gasteiger partial charge < -0.3 is 0 Å². The molecule has 0 radical (unpaired) electrons. The monoisotopic (exact) mass is 97.1 g/mol. The Hall–Kier alpha value is -0.700. The molecule has 3 heteroatoms. The molecule has 1 unspecified atom stereocenters. The van der Waals surface area contributed by atoms with E-state index < -0.39 is 0 Å². The molecule has 2 bridgehead atoms. The molecule has 3 heterocycles. The van der Waals surface area contributed by atoms with E-state index in [4.69, 9.17) is 0 Å². The lowest BCUT2D eigenvalue weighted by Crippen LogP contribution is -2.50. The molecule has 0 aliphatic carbocycles. The summed E-state index contributed by atoms with van der Waals surface area (Å²) in [4.78, 5) is 0. The van der Waals surface area contributed by atoms with Gasteiger partial charge in [-0.25, -0.2) is 0 Å². The number of quaternary nitrogens is 1. The molecule has 0 saturated heterocycles. The van der Waals surface area contributed by atoms with E-state index in [9.17, 15) is 0 Å². The van der Waals surface area contributed by atoms with Gasteiger partial charge in [0.15, 0.2) is 0 Å². The summed E-state index contributed by atoms with van der Waals surface area (Å²) in [6.07, 6.45) is 4.00. The van der Waals surface area contributed by atoms with Crippen LogP contribution in [0.1, 0.15) is 0 Å². The zero-order valence-corrected chi connectivity index (χ0v) is 4.20. The second-order valence-electron chi connectivity index (χ2n) is 2.27. The van der Waals surface area contributed by atoms with Crippen molar-refractivity contribution in [1.29, 1.82) is 0 Å². The number of hydrazone groups is 1. The lowest BCUT2D eigenvalue weighted by Gasteiger charge is -2.13. The van der Waals surface area contributed by atoms with Gasteiger partial charge >= 0.3 is 13.0 Å². The maximum absolute atomic E-state index is 4.01. The summed E-state index contributed by atoms with van der Waals surface area (Å²) in [5, 5.41) is 4.01. The van der Waals surface area contributed by atoms with Crippen molar-refractivity contribution >= 4 is 12.7 Å². The van der Waals surface area contributed by atoms with Gasteiger partial charge in [0.1, 0.15) is 0 Å². The van der Waals surface area contributed by atoms with Gasteiger partial charge in [-0.2, -0.15) is 0 Å². The molecule has 0 saturated carbocycles. The summed E-state index contributed by atoms with van der Waals surface area (Å²) in [5.74, 6) is 0. The van der Waals surface area contributed by atoms with E-state index in [-0.39, 0.29) is 0 Å². The highest BCUT2D eigenvalue weighted by molar-refractivity contribution is 5.64. The maximum atomic E-state index is 4.01. The predicted molar refractivity (Wildman–Crippen MR) is 25.9 cm³/mol. The standard InChI is InChI=1S/C4H7N3/c1-7-2-5-6(3-7)4-7/h2-3H,4H2,1H3/q+2. The third-order valence-electron chi connectivity index (χ3n) is 1.31. The average Bonchev–Trinajstić information content (AvgIpc) is 1.88. The van der Waals surface area contributed by atoms with E-state index in [0.29, 0.717) is 0 Å². The molecule has 3 aliphatic heterocycles. The first-order chi connectivity index (χ1) is 3.29. The van der Waals surface area contributed by atoms with Crippen LogP contribution in [0, 0.1) is 0 Å². The predicted octanol–water partition coefficient (Wildman–Crippen LogP) is -0.598. The van der Waals surface area contributed by atoms with Crippen LogP contribution < -0.4 is 0 Å². The van der Waals surface area contributed by atoms with Crippen LogP contribution in [0.15, 0.2) is 5.10 Å². The van der Waals surface area contributed by atoms with Gasteiger partial charge in [0.25, 0.3) is 6.34 Å². The summed E-state index contributed by atoms with van der Waals surface area (Å²) in [5.41, 5.74) is 0. The Bertz CT molecular complexity index is 170. The fourth-order valence-electron chi connectivity index (χ4n) is 0.910. The molecule has 0 amide bonds. The molecule has 0 spiro atoms.